The van der Waals surface area contributed by atoms with Crippen molar-refractivity contribution in [2.24, 2.45) is 0 Å². The summed E-state index contributed by atoms with van der Waals surface area (Å²) < 4.78 is 5.57. The van der Waals surface area contributed by atoms with Crippen LogP contribution in [0.4, 0.5) is 5.69 Å². The first-order valence-electron chi connectivity index (χ1n) is 5.39. The topological polar surface area (TPSA) is 78.2 Å². The SMILES string of the molecule is Cc1ccc([N+](=O)[O-])cc1Oc1ncnc(Cl)c1C. The smallest absolute Gasteiger partial charge is 0.273 e. The van der Waals surface area contributed by atoms with Crippen LogP contribution in [0.25, 0.3) is 0 Å². The molecule has 0 saturated heterocycles. The van der Waals surface area contributed by atoms with Crippen molar-refractivity contribution in [2.75, 3.05) is 0 Å². The van der Waals surface area contributed by atoms with Crippen LogP contribution in [0.3, 0.4) is 0 Å². The van der Waals surface area contributed by atoms with Crippen molar-refractivity contribution in [1.82, 2.24) is 9.97 Å². The molecule has 7 heteroatoms. The fourth-order valence-electron chi connectivity index (χ4n) is 1.43. The summed E-state index contributed by atoms with van der Waals surface area (Å²) in [6, 6.07) is 4.39. The molecule has 0 aliphatic heterocycles. The third-order valence-corrected chi connectivity index (χ3v) is 2.95. The molecule has 1 aromatic heterocycles. The van der Waals surface area contributed by atoms with Crippen molar-refractivity contribution in [2.45, 2.75) is 13.8 Å². The molecule has 0 unspecified atom stereocenters. The number of non-ortho nitro benzene ring substituents is 1. The molecule has 98 valence electrons. The zero-order chi connectivity index (χ0) is 14.0. The van der Waals surface area contributed by atoms with Crippen molar-refractivity contribution < 1.29 is 9.66 Å². The zero-order valence-corrected chi connectivity index (χ0v) is 11.0. The van der Waals surface area contributed by atoms with Crippen molar-refractivity contribution in [3.63, 3.8) is 0 Å². The van der Waals surface area contributed by atoms with Gasteiger partial charge in [0.25, 0.3) is 5.69 Å². The van der Waals surface area contributed by atoms with Gasteiger partial charge in [0, 0.05) is 11.6 Å². The molecular formula is C12H10ClN3O3. The lowest BCUT2D eigenvalue weighted by Crippen LogP contribution is -1.96. The molecule has 0 amide bonds. The Bertz CT molecular complexity index is 646. The summed E-state index contributed by atoms with van der Waals surface area (Å²) in [4.78, 5) is 18.0. The van der Waals surface area contributed by atoms with Gasteiger partial charge >= 0.3 is 0 Å². The lowest BCUT2D eigenvalue weighted by Gasteiger charge is -2.09. The Balaban J connectivity index is 2.40. The summed E-state index contributed by atoms with van der Waals surface area (Å²) >= 11 is 5.86. The first-order valence-corrected chi connectivity index (χ1v) is 5.77. The van der Waals surface area contributed by atoms with Gasteiger partial charge in [0.15, 0.2) is 0 Å². The Morgan fingerprint density at radius 1 is 1.32 bits per heavy atom. The highest BCUT2D eigenvalue weighted by Gasteiger charge is 2.13. The van der Waals surface area contributed by atoms with E-state index in [4.69, 9.17) is 16.3 Å². The van der Waals surface area contributed by atoms with Gasteiger partial charge in [-0.2, -0.15) is 0 Å². The highest BCUT2D eigenvalue weighted by molar-refractivity contribution is 6.30. The number of nitro groups is 1. The van der Waals surface area contributed by atoms with Crippen molar-refractivity contribution in [3.8, 4) is 11.6 Å². The van der Waals surface area contributed by atoms with E-state index in [1.807, 2.05) is 0 Å². The monoisotopic (exact) mass is 279 g/mol. The molecule has 0 aliphatic carbocycles. The van der Waals surface area contributed by atoms with E-state index in [-0.39, 0.29) is 16.7 Å². The Labute approximate surface area is 114 Å². The number of hydrogen-bond donors (Lipinski definition) is 0. The average molecular weight is 280 g/mol. The minimum atomic E-state index is -0.480. The van der Waals surface area contributed by atoms with Gasteiger partial charge < -0.3 is 4.74 Å². The number of nitrogens with zero attached hydrogens (tertiary/aromatic N) is 3. The number of nitro benzene ring substituents is 1. The average Bonchev–Trinajstić information content (AvgIpc) is 2.37. The standard InChI is InChI=1S/C12H10ClN3O3/c1-7-3-4-9(16(17)18)5-10(7)19-12-8(2)11(13)14-6-15-12/h3-6H,1-2H3. The van der Waals surface area contributed by atoms with Crippen LogP contribution in [0.2, 0.25) is 5.15 Å². The van der Waals surface area contributed by atoms with E-state index in [1.54, 1.807) is 19.9 Å². The molecule has 0 bridgehead atoms. The van der Waals surface area contributed by atoms with E-state index in [9.17, 15) is 10.1 Å². The molecule has 0 fully saturated rings. The van der Waals surface area contributed by atoms with Crippen LogP contribution in [-0.4, -0.2) is 14.9 Å². The molecular weight excluding hydrogens is 270 g/mol. The summed E-state index contributed by atoms with van der Waals surface area (Å²) in [6.07, 6.45) is 1.28. The van der Waals surface area contributed by atoms with Gasteiger partial charge in [-0.1, -0.05) is 11.6 Å². The van der Waals surface area contributed by atoms with E-state index in [0.29, 0.717) is 11.3 Å². The van der Waals surface area contributed by atoms with Crippen LogP contribution in [0.1, 0.15) is 11.1 Å². The Kier molecular flexibility index (Phi) is 3.62. The van der Waals surface area contributed by atoms with Gasteiger partial charge in [0.2, 0.25) is 5.88 Å². The largest absolute Gasteiger partial charge is 0.438 e. The summed E-state index contributed by atoms with van der Waals surface area (Å²) in [5, 5.41) is 11.0. The van der Waals surface area contributed by atoms with Crippen molar-refractivity contribution in [3.05, 3.63) is 50.9 Å². The van der Waals surface area contributed by atoms with Crippen molar-refractivity contribution in [1.29, 1.82) is 0 Å². The molecule has 0 saturated carbocycles. The second-order valence-corrected chi connectivity index (χ2v) is 4.26. The number of aryl methyl sites for hydroxylation is 1. The maximum absolute atomic E-state index is 10.7. The van der Waals surface area contributed by atoms with E-state index >= 15 is 0 Å². The summed E-state index contributed by atoms with van der Waals surface area (Å²) in [5.41, 5.74) is 1.30. The Hall–Kier alpha value is -2.21. The van der Waals surface area contributed by atoms with Crippen LogP contribution in [0.5, 0.6) is 11.6 Å². The van der Waals surface area contributed by atoms with E-state index in [0.717, 1.165) is 5.56 Å². The second-order valence-electron chi connectivity index (χ2n) is 3.90. The molecule has 0 radical (unpaired) electrons. The first kappa shape index (κ1) is 13.2. The molecule has 2 rings (SSSR count). The number of hydrogen-bond acceptors (Lipinski definition) is 5. The Morgan fingerprint density at radius 2 is 2.05 bits per heavy atom. The molecule has 0 spiro atoms. The highest BCUT2D eigenvalue weighted by atomic mass is 35.5. The van der Waals surface area contributed by atoms with Crippen LogP contribution in [0.15, 0.2) is 24.5 Å². The molecule has 1 aromatic carbocycles. The second kappa shape index (κ2) is 5.19. The molecule has 0 aliphatic rings. The van der Waals surface area contributed by atoms with Gasteiger partial charge in [-0.3, -0.25) is 10.1 Å². The molecule has 1 heterocycles. The molecule has 2 aromatic rings. The van der Waals surface area contributed by atoms with Gasteiger partial charge in [0.05, 0.1) is 11.0 Å². The maximum atomic E-state index is 10.7. The normalized spacial score (nSPS) is 10.3. The minimum Gasteiger partial charge on any atom is -0.438 e. The summed E-state index contributed by atoms with van der Waals surface area (Å²) in [6.45, 7) is 3.50. The lowest BCUT2D eigenvalue weighted by atomic mass is 10.2. The number of aromatic nitrogens is 2. The Morgan fingerprint density at radius 3 is 2.74 bits per heavy atom. The van der Waals surface area contributed by atoms with Crippen LogP contribution >= 0.6 is 11.6 Å². The predicted molar refractivity (Wildman–Crippen MR) is 69.7 cm³/mol. The third kappa shape index (κ3) is 2.79. The molecule has 0 N–H and O–H groups in total. The van der Waals surface area contributed by atoms with Crippen LogP contribution in [0, 0.1) is 24.0 Å². The third-order valence-electron chi connectivity index (χ3n) is 2.57. The fourth-order valence-corrected chi connectivity index (χ4v) is 1.56. The van der Waals surface area contributed by atoms with Crippen molar-refractivity contribution >= 4 is 17.3 Å². The zero-order valence-electron chi connectivity index (χ0n) is 10.3. The predicted octanol–water partition coefficient (Wildman–Crippen LogP) is 3.45. The van der Waals surface area contributed by atoms with Gasteiger partial charge in [-0.15, -0.1) is 0 Å². The molecule has 6 nitrogen and oxygen atoms in total. The molecule has 0 atom stereocenters. The maximum Gasteiger partial charge on any atom is 0.273 e. The highest BCUT2D eigenvalue weighted by Crippen LogP contribution is 2.30. The number of rotatable bonds is 3. The van der Waals surface area contributed by atoms with Crippen LogP contribution < -0.4 is 4.74 Å². The van der Waals surface area contributed by atoms with E-state index < -0.39 is 4.92 Å². The fraction of sp³-hybridized carbons (Fsp3) is 0.167. The molecule has 19 heavy (non-hydrogen) atoms. The van der Waals surface area contributed by atoms with Gasteiger partial charge in [-0.25, -0.2) is 9.97 Å². The van der Waals surface area contributed by atoms with E-state index in [2.05, 4.69) is 9.97 Å². The number of halogens is 1. The van der Waals surface area contributed by atoms with Crippen LogP contribution in [-0.2, 0) is 0 Å². The van der Waals surface area contributed by atoms with Gasteiger partial charge in [0.1, 0.15) is 17.2 Å². The summed E-state index contributed by atoms with van der Waals surface area (Å²) in [5.74, 6) is 0.649. The summed E-state index contributed by atoms with van der Waals surface area (Å²) in [7, 11) is 0. The minimum absolute atomic E-state index is 0.0431. The number of ether oxygens (including phenoxy) is 1. The lowest BCUT2D eigenvalue weighted by molar-refractivity contribution is -0.384. The van der Waals surface area contributed by atoms with Gasteiger partial charge in [-0.05, 0) is 25.5 Å². The first-order chi connectivity index (χ1) is 8.99. The van der Waals surface area contributed by atoms with E-state index in [1.165, 1.54) is 18.5 Å². The number of benzene rings is 1. The quantitative estimate of drug-likeness (QED) is 0.488.